The number of nitrogens with one attached hydrogen (secondary N) is 1. The van der Waals surface area contributed by atoms with Crippen molar-refractivity contribution in [1.29, 1.82) is 0 Å². The summed E-state index contributed by atoms with van der Waals surface area (Å²) in [6.07, 6.45) is 0.109. The quantitative estimate of drug-likeness (QED) is 0.189. The number of carbonyl (C=O) groups is 2. The first-order valence-corrected chi connectivity index (χ1v) is 16.1. The van der Waals surface area contributed by atoms with Gasteiger partial charge in [0.1, 0.15) is 18.4 Å². The van der Waals surface area contributed by atoms with Gasteiger partial charge < -0.3 is 10.2 Å². The zero-order valence-corrected chi connectivity index (χ0v) is 26.5. The molecule has 7 nitrogen and oxygen atoms in total. The number of sulfonamides is 1. The summed E-state index contributed by atoms with van der Waals surface area (Å²) in [4.78, 5) is 29.3. The molecular weight excluding hydrogens is 624 g/mol. The van der Waals surface area contributed by atoms with Gasteiger partial charge in [-0.15, -0.1) is 0 Å². The van der Waals surface area contributed by atoms with Gasteiger partial charge in [0.15, 0.2) is 0 Å². The van der Waals surface area contributed by atoms with Crippen LogP contribution in [0.25, 0.3) is 0 Å². The van der Waals surface area contributed by atoms with E-state index in [0.29, 0.717) is 5.56 Å². The number of halogens is 3. The van der Waals surface area contributed by atoms with Crippen LogP contribution in [0, 0.1) is 5.82 Å². The van der Waals surface area contributed by atoms with E-state index in [1.165, 1.54) is 47.4 Å². The van der Waals surface area contributed by atoms with Gasteiger partial charge in [0.05, 0.1) is 10.6 Å². The van der Waals surface area contributed by atoms with Gasteiger partial charge in [-0.05, 0) is 55.8 Å². The van der Waals surface area contributed by atoms with Gasteiger partial charge in [-0.1, -0.05) is 89.9 Å². The normalized spacial score (nSPS) is 12.0. The van der Waals surface area contributed by atoms with Crippen molar-refractivity contribution >= 4 is 50.7 Å². The van der Waals surface area contributed by atoms with Crippen LogP contribution in [0.15, 0.2) is 108 Å². The third-order valence-corrected chi connectivity index (χ3v) is 9.31. The lowest BCUT2D eigenvalue weighted by atomic mass is 10.0. The first-order chi connectivity index (χ1) is 21.0. The van der Waals surface area contributed by atoms with E-state index in [1.54, 1.807) is 38.1 Å². The van der Waals surface area contributed by atoms with Crippen molar-refractivity contribution in [3.8, 4) is 0 Å². The molecule has 0 aromatic heterocycles. The van der Waals surface area contributed by atoms with Gasteiger partial charge in [0.25, 0.3) is 10.0 Å². The summed E-state index contributed by atoms with van der Waals surface area (Å²) in [5.74, 6) is -2.05. The maximum Gasteiger partial charge on any atom is 0.264 e. The Morgan fingerprint density at radius 3 is 1.98 bits per heavy atom. The van der Waals surface area contributed by atoms with Crippen molar-refractivity contribution < 1.29 is 22.4 Å². The average Bonchev–Trinajstić information content (AvgIpc) is 3.00. The second-order valence-corrected chi connectivity index (χ2v) is 13.0. The Balaban J connectivity index is 1.84. The maximum absolute atomic E-state index is 15.2. The fourth-order valence-electron chi connectivity index (χ4n) is 4.68. The topological polar surface area (TPSA) is 86.8 Å². The van der Waals surface area contributed by atoms with E-state index < -0.39 is 40.2 Å². The molecule has 2 amide bonds. The molecule has 0 aliphatic carbocycles. The fraction of sp³-hybridized carbons (Fsp3) is 0.212. The highest BCUT2D eigenvalue weighted by Crippen LogP contribution is 2.30. The minimum Gasteiger partial charge on any atom is -0.352 e. The monoisotopic (exact) mass is 655 g/mol. The van der Waals surface area contributed by atoms with Gasteiger partial charge in [-0.3, -0.25) is 13.9 Å². The zero-order valence-electron chi connectivity index (χ0n) is 24.2. The lowest BCUT2D eigenvalue weighted by Gasteiger charge is -2.34. The SMILES string of the molecule is CC(C)NC(=O)[C@H](Cc1ccccc1)N(Cc1c(Cl)cccc1Cl)C(=O)CN(c1ccccc1F)S(=O)(=O)c1ccccc1. The molecule has 4 rings (SSSR count). The fourth-order valence-corrected chi connectivity index (χ4v) is 6.64. The van der Waals surface area contributed by atoms with E-state index >= 15 is 4.39 Å². The largest absolute Gasteiger partial charge is 0.352 e. The maximum atomic E-state index is 15.2. The lowest BCUT2D eigenvalue weighted by Crippen LogP contribution is -2.54. The lowest BCUT2D eigenvalue weighted by molar-refractivity contribution is -0.140. The van der Waals surface area contributed by atoms with Crippen molar-refractivity contribution in [3.63, 3.8) is 0 Å². The number of anilines is 1. The van der Waals surface area contributed by atoms with E-state index in [9.17, 15) is 18.0 Å². The minimum absolute atomic E-state index is 0.109. The van der Waals surface area contributed by atoms with Crippen molar-refractivity contribution in [1.82, 2.24) is 10.2 Å². The second-order valence-electron chi connectivity index (χ2n) is 10.4. The molecule has 0 aliphatic heterocycles. The van der Waals surface area contributed by atoms with Crippen molar-refractivity contribution in [3.05, 3.63) is 130 Å². The Kier molecular flexibility index (Phi) is 11.0. The summed E-state index contributed by atoms with van der Waals surface area (Å²) in [6.45, 7) is 2.57. The van der Waals surface area contributed by atoms with Crippen molar-refractivity contribution in [2.24, 2.45) is 0 Å². The van der Waals surface area contributed by atoms with Crippen LogP contribution in [0.1, 0.15) is 25.0 Å². The molecule has 0 fully saturated rings. The van der Waals surface area contributed by atoms with Crippen molar-refractivity contribution in [2.75, 3.05) is 10.8 Å². The molecule has 11 heteroatoms. The highest BCUT2D eigenvalue weighted by atomic mass is 35.5. The Bertz CT molecular complexity index is 1690. The van der Waals surface area contributed by atoms with Crippen LogP contribution >= 0.6 is 23.2 Å². The zero-order chi connectivity index (χ0) is 31.9. The van der Waals surface area contributed by atoms with Crippen LogP contribution in [0.4, 0.5) is 10.1 Å². The molecule has 1 N–H and O–H groups in total. The average molecular weight is 657 g/mol. The summed E-state index contributed by atoms with van der Waals surface area (Å²) < 4.78 is 43.7. The van der Waals surface area contributed by atoms with E-state index in [4.69, 9.17) is 23.2 Å². The van der Waals surface area contributed by atoms with Crippen LogP contribution < -0.4 is 9.62 Å². The van der Waals surface area contributed by atoms with Gasteiger partial charge in [-0.25, -0.2) is 12.8 Å². The molecule has 44 heavy (non-hydrogen) atoms. The van der Waals surface area contributed by atoms with Gasteiger partial charge >= 0.3 is 0 Å². The van der Waals surface area contributed by atoms with Crippen LogP contribution in [0.3, 0.4) is 0 Å². The standard InChI is InChI=1S/C33H32Cl2FN3O4S/c1-23(2)37-33(41)31(20-24-12-5-3-6-13-24)38(21-26-27(34)16-11-17-28(26)35)32(40)22-39(30-19-10-9-18-29(30)36)44(42,43)25-14-7-4-8-15-25/h3-19,23,31H,20-22H2,1-2H3,(H,37,41)/t31-/m0/s1. The van der Waals surface area contributed by atoms with E-state index in [2.05, 4.69) is 5.32 Å². The van der Waals surface area contributed by atoms with Crippen molar-refractivity contribution in [2.45, 2.75) is 43.8 Å². The molecule has 0 radical (unpaired) electrons. The van der Waals surface area contributed by atoms with Crippen LogP contribution in [-0.4, -0.2) is 43.8 Å². The number of rotatable bonds is 12. The first-order valence-electron chi connectivity index (χ1n) is 13.9. The molecule has 0 heterocycles. The molecule has 0 aliphatic rings. The summed E-state index contributed by atoms with van der Waals surface area (Å²) in [7, 11) is -4.43. The Labute approximate surface area is 267 Å². The number of nitrogens with zero attached hydrogens (tertiary/aromatic N) is 2. The minimum atomic E-state index is -4.43. The number of amides is 2. The molecule has 1 atom stereocenters. The third kappa shape index (κ3) is 7.96. The third-order valence-electron chi connectivity index (χ3n) is 6.82. The molecule has 0 spiro atoms. The van der Waals surface area contributed by atoms with E-state index in [-0.39, 0.29) is 39.6 Å². The van der Waals surface area contributed by atoms with Gasteiger partial charge in [0.2, 0.25) is 11.8 Å². The molecular formula is C33H32Cl2FN3O4S. The van der Waals surface area contributed by atoms with Crippen LogP contribution in [0.2, 0.25) is 10.0 Å². The number of para-hydroxylation sites is 1. The molecule has 0 saturated carbocycles. The number of hydrogen-bond donors (Lipinski definition) is 1. The summed E-state index contributed by atoms with van der Waals surface area (Å²) in [5, 5.41) is 3.40. The summed E-state index contributed by atoms with van der Waals surface area (Å²) in [6, 6.07) is 25.4. The Morgan fingerprint density at radius 2 is 1.39 bits per heavy atom. The molecule has 0 saturated heterocycles. The molecule has 0 unspecified atom stereocenters. The molecule has 0 bridgehead atoms. The smallest absolute Gasteiger partial charge is 0.264 e. The summed E-state index contributed by atoms with van der Waals surface area (Å²) in [5.41, 5.74) is 0.831. The Morgan fingerprint density at radius 1 is 0.818 bits per heavy atom. The first kappa shape index (κ1) is 33.0. The second kappa shape index (κ2) is 14.7. The van der Waals surface area contributed by atoms with Gasteiger partial charge in [0, 0.05) is 34.6 Å². The molecule has 4 aromatic carbocycles. The number of carbonyl (C=O) groups excluding carboxylic acids is 2. The number of hydrogen-bond acceptors (Lipinski definition) is 4. The van der Waals surface area contributed by atoms with Crippen LogP contribution in [-0.2, 0) is 32.6 Å². The molecule has 230 valence electrons. The molecule has 4 aromatic rings. The Hall–Kier alpha value is -3.92. The summed E-state index contributed by atoms with van der Waals surface area (Å²) >= 11 is 13.0. The van der Waals surface area contributed by atoms with E-state index in [1.807, 2.05) is 30.3 Å². The predicted molar refractivity (Wildman–Crippen MR) is 172 cm³/mol. The number of benzene rings is 4. The van der Waals surface area contributed by atoms with E-state index in [0.717, 1.165) is 15.9 Å². The predicted octanol–water partition coefficient (Wildman–Crippen LogP) is 6.49. The van der Waals surface area contributed by atoms with Gasteiger partial charge in [-0.2, -0.15) is 0 Å². The van der Waals surface area contributed by atoms with Crippen LogP contribution in [0.5, 0.6) is 0 Å². The highest BCUT2D eigenvalue weighted by Gasteiger charge is 2.36. The highest BCUT2D eigenvalue weighted by molar-refractivity contribution is 7.92.